The molecule has 128 valence electrons. The van der Waals surface area contributed by atoms with Crippen LogP contribution in [0.3, 0.4) is 0 Å². The zero-order chi connectivity index (χ0) is 17.1. The second-order valence-electron chi connectivity index (χ2n) is 5.87. The minimum Gasteiger partial charge on any atom is -0.461 e. The topological polar surface area (TPSA) is 97.3 Å². The lowest BCUT2D eigenvalue weighted by molar-refractivity contribution is 0.0708. The molecule has 0 bridgehead atoms. The normalized spacial score (nSPS) is 15.3. The summed E-state index contributed by atoms with van der Waals surface area (Å²) in [5.74, 6) is 1.64. The standard InChI is InChI=1S/C17H17N5O3/c23-17(13-11-15(25-21-13)14-3-2-10-24-14)22-8-5-12(6-9-22)19-16-4-1-7-18-20-16/h1-4,7,10-12H,5-6,8-9H2,(H,19,20). The summed E-state index contributed by atoms with van der Waals surface area (Å²) in [4.78, 5) is 14.4. The predicted molar refractivity (Wildman–Crippen MR) is 88.8 cm³/mol. The van der Waals surface area contributed by atoms with Crippen LogP contribution in [-0.2, 0) is 0 Å². The number of carbonyl (C=O) groups is 1. The van der Waals surface area contributed by atoms with Crippen molar-refractivity contribution >= 4 is 11.7 Å². The minimum atomic E-state index is -0.125. The second-order valence-corrected chi connectivity index (χ2v) is 5.87. The first-order valence-corrected chi connectivity index (χ1v) is 8.14. The van der Waals surface area contributed by atoms with Gasteiger partial charge in [0.1, 0.15) is 5.82 Å². The fourth-order valence-corrected chi connectivity index (χ4v) is 2.89. The summed E-state index contributed by atoms with van der Waals surface area (Å²) in [6.07, 6.45) is 4.87. The highest BCUT2D eigenvalue weighted by molar-refractivity contribution is 5.93. The Morgan fingerprint density at radius 3 is 2.80 bits per heavy atom. The molecule has 8 heteroatoms. The molecule has 0 aromatic carbocycles. The quantitative estimate of drug-likeness (QED) is 0.779. The lowest BCUT2D eigenvalue weighted by Gasteiger charge is -2.32. The lowest BCUT2D eigenvalue weighted by Crippen LogP contribution is -2.42. The molecule has 0 unspecified atom stereocenters. The molecule has 0 spiro atoms. The van der Waals surface area contributed by atoms with E-state index in [9.17, 15) is 4.79 Å². The molecule has 1 amide bonds. The Hall–Kier alpha value is -3.16. The third kappa shape index (κ3) is 3.37. The molecule has 25 heavy (non-hydrogen) atoms. The van der Waals surface area contributed by atoms with E-state index >= 15 is 0 Å². The van der Waals surface area contributed by atoms with Gasteiger partial charge in [0, 0.05) is 31.4 Å². The van der Waals surface area contributed by atoms with Crippen molar-refractivity contribution in [1.82, 2.24) is 20.3 Å². The number of nitrogens with one attached hydrogen (secondary N) is 1. The van der Waals surface area contributed by atoms with E-state index in [0.29, 0.717) is 30.3 Å². The summed E-state index contributed by atoms with van der Waals surface area (Å²) >= 11 is 0. The van der Waals surface area contributed by atoms with Gasteiger partial charge in [-0.1, -0.05) is 5.16 Å². The number of hydrogen-bond donors (Lipinski definition) is 1. The number of piperidine rings is 1. The highest BCUT2D eigenvalue weighted by atomic mass is 16.5. The molecule has 4 rings (SSSR count). The van der Waals surface area contributed by atoms with Gasteiger partial charge in [0.15, 0.2) is 11.5 Å². The van der Waals surface area contributed by atoms with Crippen LogP contribution in [0.4, 0.5) is 5.82 Å². The van der Waals surface area contributed by atoms with Crippen LogP contribution in [0.2, 0.25) is 0 Å². The fourth-order valence-electron chi connectivity index (χ4n) is 2.89. The molecule has 1 saturated heterocycles. The number of hydrogen-bond acceptors (Lipinski definition) is 7. The average Bonchev–Trinajstić information content (AvgIpc) is 3.34. The van der Waals surface area contributed by atoms with Crippen molar-refractivity contribution < 1.29 is 13.7 Å². The molecular formula is C17H17N5O3. The molecule has 0 radical (unpaired) electrons. The number of carbonyl (C=O) groups excluding carboxylic acids is 1. The Labute approximate surface area is 143 Å². The van der Waals surface area contributed by atoms with Gasteiger partial charge in [0.2, 0.25) is 5.76 Å². The predicted octanol–water partition coefficient (Wildman–Crippen LogP) is 2.44. The summed E-state index contributed by atoms with van der Waals surface area (Å²) in [6, 6.07) is 9.14. The SMILES string of the molecule is O=C(c1cc(-c2ccco2)on1)N1CCC(Nc2cccnn2)CC1. The van der Waals surface area contributed by atoms with Gasteiger partial charge in [-0.3, -0.25) is 4.79 Å². The smallest absolute Gasteiger partial charge is 0.276 e. The molecule has 4 heterocycles. The maximum Gasteiger partial charge on any atom is 0.276 e. The average molecular weight is 339 g/mol. The van der Waals surface area contributed by atoms with Crippen molar-refractivity contribution in [3.05, 3.63) is 48.5 Å². The molecule has 3 aromatic rings. The van der Waals surface area contributed by atoms with Gasteiger partial charge in [-0.2, -0.15) is 5.10 Å². The van der Waals surface area contributed by atoms with Gasteiger partial charge in [0.05, 0.1) is 6.26 Å². The molecule has 1 aliphatic heterocycles. The van der Waals surface area contributed by atoms with E-state index in [0.717, 1.165) is 18.7 Å². The number of rotatable bonds is 4. The van der Waals surface area contributed by atoms with E-state index in [-0.39, 0.29) is 11.9 Å². The van der Waals surface area contributed by atoms with Gasteiger partial charge in [-0.05, 0) is 37.1 Å². The van der Waals surface area contributed by atoms with Crippen LogP contribution >= 0.6 is 0 Å². The molecule has 0 atom stereocenters. The monoisotopic (exact) mass is 339 g/mol. The Morgan fingerprint density at radius 1 is 1.20 bits per heavy atom. The minimum absolute atomic E-state index is 0.125. The van der Waals surface area contributed by atoms with Gasteiger partial charge in [-0.25, -0.2) is 0 Å². The Morgan fingerprint density at radius 2 is 2.08 bits per heavy atom. The highest BCUT2D eigenvalue weighted by Crippen LogP contribution is 2.22. The summed E-state index contributed by atoms with van der Waals surface area (Å²) in [6.45, 7) is 1.30. The van der Waals surface area contributed by atoms with Crippen LogP contribution in [0.5, 0.6) is 0 Å². The molecule has 1 aliphatic rings. The van der Waals surface area contributed by atoms with E-state index in [1.54, 1.807) is 35.6 Å². The van der Waals surface area contributed by atoms with Crippen LogP contribution in [0.25, 0.3) is 11.5 Å². The van der Waals surface area contributed by atoms with Gasteiger partial charge in [-0.15, -0.1) is 5.10 Å². The van der Waals surface area contributed by atoms with Crippen molar-refractivity contribution in [2.45, 2.75) is 18.9 Å². The molecule has 0 aliphatic carbocycles. The van der Waals surface area contributed by atoms with Crippen molar-refractivity contribution in [2.24, 2.45) is 0 Å². The first kappa shape index (κ1) is 15.4. The summed E-state index contributed by atoms with van der Waals surface area (Å²) < 4.78 is 10.5. The van der Waals surface area contributed by atoms with E-state index in [4.69, 9.17) is 8.94 Å². The zero-order valence-electron chi connectivity index (χ0n) is 13.5. The molecule has 0 saturated carbocycles. The van der Waals surface area contributed by atoms with Crippen molar-refractivity contribution in [3.63, 3.8) is 0 Å². The molecule has 8 nitrogen and oxygen atoms in total. The van der Waals surface area contributed by atoms with Gasteiger partial charge >= 0.3 is 0 Å². The number of nitrogens with zero attached hydrogens (tertiary/aromatic N) is 4. The Balaban J connectivity index is 1.35. The van der Waals surface area contributed by atoms with E-state index in [1.165, 1.54) is 0 Å². The number of aromatic nitrogens is 3. The van der Waals surface area contributed by atoms with Crippen molar-refractivity contribution in [1.29, 1.82) is 0 Å². The Kier molecular flexibility index (Phi) is 4.16. The van der Waals surface area contributed by atoms with Crippen molar-refractivity contribution in [2.75, 3.05) is 18.4 Å². The Bertz CT molecular complexity index is 823. The van der Waals surface area contributed by atoms with Crippen LogP contribution in [-0.4, -0.2) is 45.3 Å². The number of anilines is 1. The second kappa shape index (κ2) is 6.76. The third-order valence-electron chi connectivity index (χ3n) is 4.20. The fraction of sp³-hybridized carbons (Fsp3) is 0.294. The third-order valence-corrected chi connectivity index (χ3v) is 4.20. The molecule has 1 fully saturated rings. The van der Waals surface area contributed by atoms with Crippen LogP contribution in [0.15, 0.2) is 51.7 Å². The van der Waals surface area contributed by atoms with E-state index < -0.39 is 0 Å². The van der Waals surface area contributed by atoms with E-state index in [2.05, 4.69) is 20.7 Å². The zero-order valence-corrected chi connectivity index (χ0v) is 13.5. The first-order valence-electron chi connectivity index (χ1n) is 8.14. The summed E-state index contributed by atoms with van der Waals surface area (Å²) in [5.41, 5.74) is 0.298. The summed E-state index contributed by atoms with van der Waals surface area (Å²) in [7, 11) is 0. The number of furan rings is 1. The molecule has 3 aromatic heterocycles. The van der Waals surface area contributed by atoms with Crippen LogP contribution < -0.4 is 5.32 Å². The maximum absolute atomic E-state index is 12.6. The number of amides is 1. The highest BCUT2D eigenvalue weighted by Gasteiger charge is 2.26. The maximum atomic E-state index is 12.6. The van der Waals surface area contributed by atoms with Crippen LogP contribution in [0, 0.1) is 0 Å². The lowest BCUT2D eigenvalue weighted by atomic mass is 10.0. The largest absolute Gasteiger partial charge is 0.461 e. The molecule has 1 N–H and O–H groups in total. The first-order chi connectivity index (χ1) is 12.3. The van der Waals surface area contributed by atoms with Crippen LogP contribution in [0.1, 0.15) is 23.3 Å². The number of likely N-dealkylation sites (tertiary alicyclic amines) is 1. The summed E-state index contributed by atoms with van der Waals surface area (Å²) in [5, 5.41) is 15.1. The molecular weight excluding hydrogens is 322 g/mol. The van der Waals surface area contributed by atoms with E-state index in [1.807, 2.05) is 12.1 Å². The van der Waals surface area contributed by atoms with Gasteiger partial charge < -0.3 is 19.2 Å². The van der Waals surface area contributed by atoms with Gasteiger partial charge in [0.25, 0.3) is 5.91 Å². The van der Waals surface area contributed by atoms with Crippen molar-refractivity contribution in [3.8, 4) is 11.5 Å².